The van der Waals surface area contributed by atoms with Gasteiger partial charge < -0.3 is 20.1 Å². The van der Waals surface area contributed by atoms with E-state index < -0.39 is 6.09 Å². The number of aliphatic hydroxyl groups is 1. The number of rotatable bonds is 2. The molecule has 1 spiro atoms. The van der Waals surface area contributed by atoms with Crippen LogP contribution in [0.4, 0.5) is 4.79 Å². The van der Waals surface area contributed by atoms with Crippen LogP contribution in [-0.2, 0) is 0 Å². The summed E-state index contributed by atoms with van der Waals surface area (Å²) in [5, 5.41) is 22.6. The molecule has 2 saturated carbocycles. The van der Waals surface area contributed by atoms with E-state index in [0.717, 1.165) is 37.8 Å². The van der Waals surface area contributed by atoms with Crippen LogP contribution in [0.3, 0.4) is 0 Å². The maximum atomic E-state index is 11.1. The Balaban J connectivity index is 1.36. The third-order valence-corrected chi connectivity index (χ3v) is 6.91. The highest BCUT2D eigenvalue weighted by atomic mass is 16.4. The van der Waals surface area contributed by atoms with Crippen LogP contribution in [0.5, 0.6) is 0 Å². The molecule has 6 nitrogen and oxygen atoms in total. The highest BCUT2D eigenvalue weighted by Gasteiger charge is 2.57. The number of benzene rings is 1. The highest BCUT2D eigenvalue weighted by molar-refractivity contribution is 5.69. The topological polar surface area (TPSA) is 87.4 Å². The number of nitrogens with zero attached hydrogens (tertiary/aromatic N) is 2. The molecule has 1 unspecified atom stereocenters. The Labute approximate surface area is 151 Å². The molecule has 2 fully saturated rings. The van der Waals surface area contributed by atoms with Crippen LogP contribution in [-0.4, -0.2) is 38.0 Å². The number of nitrogens with one attached hydrogen (secondary N) is 1. The zero-order valence-corrected chi connectivity index (χ0v) is 14.5. The van der Waals surface area contributed by atoms with E-state index in [9.17, 15) is 9.90 Å². The molecule has 0 saturated heterocycles. The minimum absolute atomic E-state index is 0.0248. The van der Waals surface area contributed by atoms with E-state index in [0.29, 0.717) is 0 Å². The molecule has 136 valence electrons. The number of carboxylic acid groups (broad SMARTS) is 1. The van der Waals surface area contributed by atoms with Crippen molar-refractivity contribution in [1.82, 2.24) is 14.9 Å². The Kier molecular flexibility index (Phi) is 3.41. The third kappa shape index (κ3) is 2.14. The summed E-state index contributed by atoms with van der Waals surface area (Å²) in [7, 11) is 0. The van der Waals surface area contributed by atoms with Crippen molar-refractivity contribution >= 4 is 6.09 Å². The van der Waals surface area contributed by atoms with Gasteiger partial charge in [-0.15, -0.1) is 0 Å². The second kappa shape index (κ2) is 5.58. The number of aromatic nitrogens is 2. The van der Waals surface area contributed by atoms with Crippen LogP contribution in [0.25, 0.3) is 11.3 Å². The summed E-state index contributed by atoms with van der Waals surface area (Å²) in [6, 6.07) is 8.59. The van der Waals surface area contributed by atoms with Crippen molar-refractivity contribution < 1.29 is 15.0 Å². The molecule has 1 aromatic heterocycles. The van der Waals surface area contributed by atoms with E-state index in [1.165, 1.54) is 11.1 Å². The van der Waals surface area contributed by atoms with Gasteiger partial charge in [0.05, 0.1) is 30.4 Å². The Bertz CT molecular complexity index is 853. The molecule has 2 heterocycles. The molecule has 1 amide bonds. The second-order valence-corrected chi connectivity index (χ2v) is 8.12. The van der Waals surface area contributed by atoms with E-state index in [2.05, 4.69) is 33.1 Å². The summed E-state index contributed by atoms with van der Waals surface area (Å²) in [6.45, 7) is 0. The first kappa shape index (κ1) is 15.9. The van der Waals surface area contributed by atoms with Gasteiger partial charge in [0.1, 0.15) is 0 Å². The first-order valence-corrected chi connectivity index (χ1v) is 9.38. The molecule has 26 heavy (non-hydrogen) atoms. The first-order valence-electron chi connectivity index (χ1n) is 9.38. The smallest absolute Gasteiger partial charge is 0.404 e. The number of amides is 1. The molecule has 3 aliphatic rings. The fourth-order valence-corrected chi connectivity index (χ4v) is 5.60. The first-order chi connectivity index (χ1) is 12.6. The molecule has 0 radical (unpaired) electrons. The molecule has 1 aromatic carbocycles. The molecular weight excluding hydrogens is 330 g/mol. The highest BCUT2D eigenvalue weighted by Crippen LogP contribution is 2.60. The summed E-state index contributed by atoms with van der Waals surface area (Å²) in [6.07, 6.45) is 6.88. The van der Waals surface area contributed by atoms with Gasteiger partial charge in [-0.25, -0.2) is 9.78 Å². The van der Waals surface area contributed by atoms with Crippen LogP contribution in [0, 0.1) is 11.3 Å². The quantitative estimate of drug-likeness (QED) is 0.774. The molecule has 2 aromatic rings. The SMILES string of the molecule is O=C(O)NC1CCC2(CC1)C[C@@H](C1c3ccccc3-c3cncn31)[C@H]2O. The predicted molar refractivity (Wildman–Crippen MR) is 95.8 cm³/mol. The molecule has 1 aliphatic heterocycles. The maximum Gasteiger partial charge on any atom is 0.404 e. The predicted octanol–water partition coefficient (Wildman–Crippen LogP) is 3.03. The van der Waals surface area contributed by atoms with E-state index in [4.69, 9.17) is 5.11 Å². The fourth-order valence-electron chi connectivity index (χ4n) is 5.60. The number of hydrogen-bond acceptors (Lipinski definition) is 3. The van der Waals surface area contributed by atoms with Crippen LogP contribution in [0.2, 0.25) is 0 Å². The van der Waals surface area contributed by atoms with Crippen LogP contribution in [0.1, 0.15) is 43.7 Å². The average molecular weight is 353 g/mol. The largest absolute Gasteiger partial charge is 0.465 e. The van der Waals surface area contributed by atoms with Gasteiger partial charge in [0, 0.05) is 17.5 Å². The third-order valence-electron chi connectivity index (χ3n) is 6.91. The fraction of sp³-hybridized carbons (Fsp3) is 0.500. The van der Waals surface area contributed by atoms with Gasteiger partial charge in [-0.3, -0.25) is 0 Å². The van der Waals surface area contributed by atoms with Crippen molar-refractivity contribution in [2.75, 3.05) is 0 Å². The lowest BCUT2D eigenvalue weighted by Crippen LogP contribution is -2.57. The number of imidazole rings is 1. The molecule has 3 atom stereocenters. The number of aliphatic hydroxyl groups excluding tert-OH is 1. The summed E-state index contributed by atoms with van der Waals surface area (Å²) in [5.74, 6) is 0.190. The maximum absolute atomic E-state index is 11.1. The lowest BCUT2D eigenvalue weighted by atomic mass is 9.51. The zero-order chi connectivity index (χ0) is 17.9. The van der Waals surface area contributed by atoms with E-state index in [1.54, 1.807) is 0 Å². The van der Waals surface area contributed by atoms with Crippen molar-refractivity contribution in [3.63, 3.8) is 0 Å². The Morgan fingerprint density at radius 3 is 2.77 bits per heavy atom. The normalized spacial score (nSPS) is 34.8. The van der Waals surface area contributed by atoms with Crippen LogP contribution < -0.4 is 5.32 Å². The van der Waals surface area contributed by atoms with Crippen LogP contribution >= 0.6 is 0 Å². The number of carbonyl (C=O) groups is 1. The summed E-state index contributed by atoms with van der Waals surface area (Å²) < 4.78 is 2.21. The number of fused-ring (bicyclic) bond motifs is 3. The summed E-state index contributed by atoms with van der Waals surface area (Å²) in [5.41, 5.74) is 3.59. The monoisotopic (exact) mass is 353 g/mol. The molecule has 2 aliphatic carbocycles. The van der Waals surface area contributed by atoms with Gasteiger partial charge in [-0.05, 0) is 43.1 Å². The second-order valence-electron chi connectivity index (χ2n) is 8.12. The summed E-state index contributed by atoms with van der Waals surface area (Å²) in [4.78, 5) is 15.2. The summed E-state index contributed by atoms with van der Waals surface area (Å²) >= 11 is 0. The molecule has 0 bridgehead atoms. The van der Waals surface area contributed by atoms with Crippen molar-refractivity contribution in [3.05, 3.63) is 42.4 Å². The Hall–Kier alpha value is -2.34. The standard InChI is InChI=1S/C20H23N3O3/c24-18-15(9-20(18)7-5-12(6-8-20)22-19(25)26)17-14-4-2-1-3-13(14)16-10-21-11-23(16)17/h1-4,10-12,15,17-18,22,24H,5-9H2,(H,25,26)/t12?,15-,17?,18+,20?/m0/s1. The van der Waals surface area contributed by atoms with Gasteiger partial charge in [0.25, 0.3) is 0 Å². The lowest BCUT2D eigenvalue weighted by Gasteiger charge is -2.57. The minimum Gasteiger partial charge on any atom is -0.465 e. The van der Waals surface area contributed by atoms with Gasteiger partial charge >= 0.3 is 6.09 Å². The van der Waals surface area contributed by atoms with Crippen molar-refractivity contribution in [2.45, 2.75) is 50.3 Å². The van der Waals surface area contributed by atoms with Crippen LogP contribution in [0.15, 0.2) is 36.8 Å². The minimum atomic E-state index is -0.951. The lowest BCUT2D eigenvalue weighted by molar-refractivity contribution is -0.152. The Morgan fingerprint density at radius 1 is 1.27 bits per heavy atom. The van der Waals surface area contributed by atoms with Gasteiger partial charge in [-0.1, -0.05) is 24.3 Å². The average Bonchev–Trinajstić information content (AvgIpc) is 3.22. The Morgan fingerprint density at radius 2 is 2.04 bits per heavy atom. The number of hydrogen-bond donors (Lipinski definition) is 3. The van der Waals surface area contributed by atoms with Gasteiger partial charge in [-0.2, -0.15) is 0 Å². The van der Waals surface area contributed by atoms with Crippen molar-refractivity contribution in [2.24, 2.45) is 11.3 Å². The van der Waals surface area contributed by atoms with Gasteiger partial charge in [0.15, 0.2) is 0 Å². The molecular formula is C20H23N3O3. The molecule has 6 heteroatoms. The van der Waals surface area contributed by atoms with Crippen molar-refractivity contribution in [1.29, 1.82) is 0 Å². The molecule has 5 rings (SSSR count). The van der Waals surface area contributed by atoms with Crippen molar-refractivity contribution in [3.8, 4) is 11.3 Å². The van der Waals surface area contributed by atoms with E-state index >= 15 is 0 Å². The van der Waals surface area contributed by atoms with E-state index in [-0.39, 0.29) is 29.5 Å². The van der Waals surface area contributed by atoms with E-state index in [1.807, 2.05) is 18.6 Å². The molecule has 3 N–H and O–H groups in total. The van der Waals surface area contributed by atoms with Gasteiger partial charge in [0.2, 0.25) is 0 Å². The zero-order valence-electron chi connectivity index (χ0n) is 14.5.